The molecule has 0 bridgehead atoms. The Bertz CT molecular complexity index is 607. The fourth-order valence-electron chi connectivity index (χ4n) is 3.15. The maximum atomic E-state index is 11.4. The second-order valence-corrected chi connectivity index (χ2v) is 5.87. The maximum absolute atomic E-state index is 11.4. The zero-order valence-electron chi connectivity index (χ0n) is 12.6. The normalized spacial score (nSPS) is 16.0. The lowest BCUT2D eigenvalue weighted by molar-refractivity contribution is 0.112. The van der Waals surface area contributed by atoms with Crippen LogP contribution in [0.15, 0.2) is 30.5 Å². The van der Waals surface area contributed by atoms with Crippen LogP contribution < -0.4 is 0 Å². The van der Waals surface area contributed by atoms with Gasteiger partial charge in [-0.25, -0.2) is 0 Å². The largest absolute Gasteiger partial charge is 0.298 e. The van der Waals surface area contributed by atoms with E-state index in [-0.39, 0.29) is 0 Å². The first kappa shape index (κ1) is 14.1. The second kappa shape index (κ2) is 6.25. The van der Waals surface area contributed by atoms with Gasteiger partial charge in [0.1, 0.15) is 5.69 Å². The molecule has 1 heterocycles. The summed E-state index contributed by atoms with van der Waals surface area (Å²) in [6, 6.07) is 8.83. The standard InChI is InChI=1S/C18H22N2O/c1-2-14-8-10-15(11-9-14)18-16(13-21)12-20(19-18)17-6-4-3-5-7-17/h8-13,17H,2-7H2,1H3. The fraction of sp³-hybridized carbons (Fsp3) is 0.444. The molecule has 110 valence electrons. The topological polar surface area (TPSA) is 34.9 Å². The van der Waals surface area contributed by atoms with Crippen LogP contribution in [0.1, 0.15) is 61.0 Å². The summed E-state index contributed by atoms with van der Waals surface area (Å²) in [4.78, 5) is 11.4. The smallest absolute Gasteiger partial charge is 0.153 e. The molecule has 0 unspecified atom stereocenters. The average Bonchev–Trinajstić information content (AvgIpc) is 3.00. The minimum absolute atomic E-state index is 0.459. The van der Waals surface area contributed by atoms with Gasteiger partial charge in [0.25, 0.3) is 0 Å². The van der Waals surface area contributed by atoms with Gasteiger partial charge in [-0.2, -0.15) is 5.10 Å². The summed E-state index contributed by atoms with van der Waals surface area (Å²) in [5.74, 6) is 0. The predicted octanol–water partition coefficient (Wildman–Crippen LogP) is 4.43. The van der Waals surface area contributed by atoms with E-state index < -0.39 is 0 Å². The van der Waals surface area contributed by atoms with Crippen molar-refractivity contribution in [2.75, 3.05) is 0 Å². The molecule has 1 aromatic carbocycles. The SMILES string of the molecule is CCc1ccc(-c2nn(C3CCCCC3)cc2C=O)cc1. The first-order valence-electron chi connectivity index (χ1n) is 7.95. The first-order chi connectivity index (χ1) is 10.3. The van der Waals surface area contributed by atoms with Gasteiger partial charge in [0.05, 0.1) is 11.6 Å². The number of aldehydes is 1. The number of rotatable bonds is 4. The van der Waals surface area contributed by atoms with Crippen LogP contribution >= 0.6 is 0 Å². The van der Waals surface area contributed by atoms with Crippen molar-refractivity contribution in [1.82, 2.24) is 9.78 Å². The molecular formula is C18H22N2O. The van der Waals surface area contributed by atoms with Crippen LogP contribution in [0.5, 0.6) is 0 Å². The number of hydrogen-bond donors (Lipinski definition) is 0. The van der Waals surface area contributed by atoms with E-state index in [9.17, 15) is 4.79 Å². The number of hydrogen-bond acceptors (Lipinski definition) is 2. The highest BCUT2D eigenvalue weighted by Gasteiger charge is 2.19. The molecule has 0 N–H and O–H groups in total. The number of nitrogens with zero attached hydrogens (tertiary/aromatic N) is 2. The van der Waals surface area contributed by atoms with Gasteiger partial charge >= 0.3 is 0 Å². The second-order valence-electron chi connectivity index (χ2n) is 5.87. The summed E-state index contributed by atoms with van der Waals surface area (Å²) in [5, 5.41) is 4.72. The van der Waals surface area contributed by atoms with E-state index in [1.807, 2.05) is 10.9 Å². The quantitative estimate of drug-likeness (QED) is 0.777. The fourth-order valence-corrected chi connectivity index (χ4v) is 3.15. The van der Waals surface area contributed by atoms with Gasteiger partial charge in [-0.05, 0) is 24.8 Å². The van der Waals surface area contributed by atoms with Gasteiger partial charge < -0.3 is 0 Å². The van der Waals surface area contributed by atoms with Crippen molar-refractivity contribution in [3.8, 4) is 11.3 Å². The summed E-state index contributed by atoms with van der Waals surface area (Å²) in [7, 11) is 0. The summed E-state index contributed by atoms with van der Waals surface area (Å²) in [6.45, 7) is 2.14. The average molecular weight is 282 g/mol. The Balaban J connectivity index is 1.93. The lowest BCUT2D eigenvalue weighted by atomic mass is 9.96. The third-order valence-electron chi connectivity index (χ3n) is 4.47. The molecule has 1 aliphatic carbocycles. The van der Waals surface area contributed by atoms with Crippen molar-refractivity contribution in [3.05, 3.63) is 41.6 Å². The number of aromatic nitrogens is 2. The number of benzene rings is 1. The highest BCUT2D eigenvalue weighted by molar-refractivity contribution is 5.85. The van der Waals surface area contributed by atoms with Gasteiger partial charge in [-0.1, -0.05) is 50.5 Å². The van der Waals surface area contributed by atoms with E-state index in [4.69, 9.17) is 5.10 Å². The lowest BCUT2D eigenvalue weighted by Gasteiger charge is -2.21. The third kappa shape index (κ3) is 2.92. The van der Waals surface area contributed by atoms with Gasteiger partial charge in [-0.15, -0.1) is 0 Å². The zero-order chi connectivity index (χ0) is 14.7. The van der Waals surface area contributed by atoms with Crippen LogP contribution in [0.3, 0.4) is 0 Å². The molecule has 0 saturated heterocycles. The highest BCUT2D eigenvalue weighted by Crippen LogP contribution is 2.30. The van der Waals surface area contributed by atoms with Crippen molar-refractivity contribution in [2.45, 2.75) is 51.5 Å². The Morgan fingerprint density at radius 2 is 1.90 bits per heavy atom. The van der Waals surface area contributed by atoms with E-state index in [0.717, 1.165) is 24.0 Å². The van der Waals surface area contributed by atoms with Gasteiger partial charge in [0.2, 0.25) is 0 Å². The molecule has 3 nitrogen and oxygen atoms in total. The van der Waals surface area contributed by atoms with Crippen molar-refractivity contribution in [1.29, 1.82) is 0 Å². The maximum Gasteiger partial charge on any atom is 0.153 e. The molecule has 0 atom stereocenters. The summed E-state index contributed by atoms with van der Waals surface area (Å²) < 4.78 is 2.02. The van der Waals surface area contributed by atoms with Crippen molar-refractivity contribution >= 4 is 6.29 Å². The molecular weight excluding hydrogens is 260 g/mol. The van der Waals surface area contributed by atoms with Crippen LogP contribution in [0.4, 0.5) is 0 Å². The predicted molar refractivity (Wildman–Crippen MR) is 84.6 cm³/mol. The van der Waals surface area contributed by atoms with E-state index >= 15 is 0 Å². The van der Waals surface area contributed by atoms with E-state index in [2.05, 4.69) is 31.2 Å². The number of aryl methyl sites for hydroxylation is 1. The van der Waals surface area contributed by atoms with Crippen LogP contribution in [-0.2, 0) is 6.42 Å². The summed E-state index contributed by atoms with van der Waals surface area (Å²) >= 11 is 0. The zero-order valence-corrected chi connectivity index (χ0v) is 12.6. The Labute approximate surface area is 126 Å². The molecule has 3 heteroatoms. The molecule has 0 spiro atoms. The minimum atomic E-state index is 0.459. The third-order valence-corrected chi connectivity index (χ3v) is 4.47. The molecule has 21 heavy (non-hydrogen) atoms. The molecule has 1 aliphatic rings. The Morgan fingerprint density at radius 3 is 2.52 bits per heavy atom. The van der Waals surface area contributed by atoms with Crippen LogP contribution in [0.25, 0.3) is 11.3 Å². The Kier molecular flexibility index (Phi) is 4.18. The first-order valence-corrected chi connectivity index (χ1v) is 7.95. The summed E-state index contributed by atoms with van der Waals surface area (Å²) in [6.07, 6.45) is 10.1. The van der Waals surface area contributed by atoms with Crippen LogP contribution in [-0.4, -0.2) is 16.1 Å². The monoisotopic (exact) mass is 282 g/mol. The molecule has 1 saturated carbocycles. The highest BCUT2D eigenvalue weighted by atomic mass is 16.1. The molecule has 1 aromatic heterocycles. The van der Waals surface area contributed by atoms with E-state index in [1.54, 1.807) is 0 Å². The number of carbonyl (C=O) groups is 1. The Hall–Kier alpha value is -1.90. The van der Waals surface area contributed by atoms with E-state index in [1.165, 1.54) is 37.7 Å². The number of carbonyl (C=O) groups excluding carboxylic acids is 1. The molecule has 0 aliphatic heterocycles. The molecule has 1 fully saturated rings. The molecule has 3 rings (SSSR count). The molecule has 2 aromatic rings. The Morgan fingerprint density at radius 1 is 1.19 bits per heavy atom. The summed E-state index contributed by atoms with van der Waals surface area (Å²) in [5.41, 5.74) is 3.85. The van der Waals surface area contributed by atoms with Crippen LogP contribution in [0.2, 0.25) is 0 Å². The van der Waals surface area contributed by atoms with Crippen LogP contribution in [0, 0.1) is 0 Å². The van der Waals surface area contributed by atoms with Gasteiger partial charge in [0.15, 0.2) is 6.29 Å². The van der Waals surface area contributed by atoms with Crippen molar-refractivity contribution in [2.24, 2.45) is 0 Å². The molecule has 0 radical (unpaired) electrons. The van der Waals surface area contributed by atoms with Crippen molar-refractivity contribution < 1.29 is 4.79 Å². The lowest BCUT2D eigenvalue weighted by Crippen LogP contribution is -2.13. The van der Waals surface area contributed by atoms with E-state index in [0.29, 0.717) is 11.6 Å². The van der Waals surface area contributed by atoms with Gasteiger partial charge in [0, 0.05) is 11.8 Å². The minimum Gasteiger partial charge on any atom is -0.298 e. The van der Waals surface area contributed by atoms with Crippen molar-refractivity contribution in [3.63, 3.8) is 0 Å². The molecule has 0 amide bonds. The van der Waals surface area contributed by atoms with Gasteiger partial charge in [-0.3, -0.25) is 9.48 Å².